The van der Waals surface area contributed by atoms with Crippen LogP contribution >= 0.6 is 0 Å². The van der Waals surface area contributed by atoms with Gasteiger partial charge in [-0.05, 0) is 32.1 Å². The monoisotopic (exact) mass is 794 g/mol. The van der Waals surface area contributed by atoms with Crippen LogP contribution in [0, 0.1) is 29.6 Å². The molecule has 0 aliphatic carbocycles. The molecule has 0 saturated carbocycles. The lowest BCUT2D eigenvalue weighted by Gasteiger charge is -2.31. The van der Waals surface area contributed by atoms with Gasteiger partial charge in [0.15, 0.2) is 6.10 Å². The molecule has 0 aromatic heterocycles. The molecule has 0 radical (unpaired) electrons. The summed E-state index contributed by atoms with van der Waals surface area (Å²) < 4.78 is 32.8. The second-order valence-corrected chi connectivity index (χ2v) is 14.3. The summed E-state index contributed by atoms with van der Waals surface area (Å²) in [5, 5.41) is 49.0. The third-order valence-corrected chi connectivity index (χ3v) is 9.99. The van der Waals surface area contributed by atoms with E-state index in [0.29, 0.717) is 19.3 Å². The third-order valence-electron chi connectivity index (χ3n) is 9.99. The maximum absolute atomic E-state index is 13.8. The van der Waals surface area contributed by atoms with Gasteiger partial charge in [-0.2, -0.15) is 0 Å². The number of aliphatic hydroxyl groups excluding tert-OH is 5. The van der Waals surface area contributed by atoms with Crippen LogP contribution in [0.4, 0.5) is 0 Å². The van der Waals surface area contributed by atoms with Gasteiger partial charge in [0, 0.05) is 36.5 Å². The van der Waals surface area contributed by atoms with Gasteiger partial charge in [-0.15, -0.1) is 0 Å². The molecule has 320 valence electrons. The zero-order chi connectivity index (χ0) is 42.7. The molecule has 0 bridgehead atoms. The van der Waals surface area contributed by atoms with Crippen LogP contribution in [0.1, 0.15) is 108 Å². The molecular formula is C38H66O17. The number of hydrogen-bond donors (Lipinski definition) is 5. The first-order chi connectivity index (χ1) is 25.7. The predicted octanol–water partition coefficient (Wildman–Crippen LogP) is 1.77. The SMILES string of the molecule is CCC(C)C(OC(C)=O)C(=O)OC(C(=O)OC(C(=O)OC(C(=O)OC(C(=O)OC(CO)C(O)C(O)C(O)CO)C(C)CC)C(C)CC)C(C)CC)C(C)CC. The number of aliphatic hydroxyl groups is 5. The summed E-state index contributed by atoms with van der Waals surface area (Å²) in [7, 11) is 0. The Labute approximate surface area is 324 Å². The molecule has 0 aromatic carbocycles. The highest BCUT2D eigenvalue weighted by Gasteiger charge is 2.43. The van der Waals surface area contributed by atoms with Crippen LogP contribution in [0.15, 0.2) is 0 Å². The van der Waals surface area contributed by atoms with Gasteiger partial charge >= 0.3 is 35.8 Å². The average molecular weight is 795 g/mol. The molecular weight excluding hydrogens is 728 g/mol. The number of hydrogen-bond acceptors (Lipinski definition) is 17. The lowest BCUT2D eigenvalue weighted by atomic mass is 9.98. The topological polar surface area (TPSA) is 259 Å². The van der Waals surface area contributed by atoms with Crippen LogP contribution in [0.25, 0.3) is 0 Å². The molecule has 17 nitrogen and oxygen atoms in total. The number of rotatable bonds is 26. The van der Waals surface area contributed by atoms with E-state index < -0.39 is 134 Å². The van der Waals surface area contributed by atoms with E-state index in [4.69, 9.17) is 33.5 Å². The van der Waals surface area contributed by atoms with Gasteiger partial charge in [-0.3, -0.25) is 4.79 Å². The number of carbonyl (C=O) groups is 6. The van der Waals surface area contributed by atoms with E-state index in [1.807, 2.05) is 0 Å². The molecule has 14 unspecified atom stereocenters. The maximum atomic E-state index is 13.8. The fraction of sp³-hybridized carbons (Fsp3) is 0.842. The Morgan fingerprint density at radius 2 is 0.673 bits per heavy atom. The summed E-state index contributed by atoms with van der Waals surface area (Å²) in [5.41, 5.74) is 0. The van der Waals surface area contributed by atoms with Crippen LogP contribution in [-0.2, 0) is 57.2 Å². The number of carbonyl (C=O) groups excluding carboxylic acids is 6. The van der Waals surface area contributed by atoms with Crippen molar-refractivity contribution in [2.24, 2.45) is 29.6 Å². The first-order valence-corrected chi connectivity index (χ1v) is 19.2. The van der Waals surface area contributed by atoms with E-state index in [0.717, 1.165) is 6.92 Å². The van der Waals surface area contributed by atoms with Crippen molar-refractivity contribution in [2.45, 2.75) is 163 Å². The Morgan fingerprint density at radius 1 is 0.418 bits per heavy atom. The van der Waals surface area contributed by atoms with Crippen molar-refractivity contribution in [1.29, 1.82) is 0 Å². The van der Waals surface area contributed by atoms with Crippen LogP contribution in [0.3, 0.4) is 0 Å². The number of esters is 6. The zero-order valence-corrected chi connectivity index (χ0v) is 34.2. The maximum Gasteiger partial charge on any atom is 0.348 e. The fourth-order valence-electron chi connectivity index (χ4n) is 4.99. The Hall–Kier alpha value is -3.38. The van der Waals surface area contributed by atoms with E-state index in [1.54, 1.807) is 69.2 Å². The third kappa shape index (κ3) is 15.9. The molecule has 0 heterocycles. The van der Waals surface area contributed by atoms with Gasteiger partial charge in [-0.25, -0.2) is 24.0 Å². The number of ether oxygens (including phenoxy) is 6. The van der Waals surface area contributed by atoms with E-state index in [9.17, 15) is 49.2 Å². The van der Waals surface area contributed by atoms with Crippen LogP contribution in [0.5, 0.6) is 0 Å². The highest BCUT2D eigenvalue weighted by atomic mass is 16.7. The molecule has 0 aliphatic heterocycles. The van der Waals surface area contributed by atoms with E-state index in [2.05, 4.69) is 0 Å². The zero-order valence-electron chi connectivity index (χ0n) is 34.2. The molecule has 0 rings (SSSR count). The van der Waals surface area contributed by atoms with Gasteiger partial charge in [0.05, 0.1) is 13.2 Å². The first-order valence-electron chi connectivity index (χ1n) is 19.2. The normalized spacial score (nSPS) is 19.2. The quantitative estimate of drug-likeness (QED) is 0.0617. The van der Waals surface area contributed by atoms with Crippen molar-refractivity contribution >= 4 is 35.8 Å². The van der Waals surface area contributed by atoms with Crippen molar-refractivity contribution in [1.82, 2.24) is 0 Å². The summed E-state index contributed by atoms with van der Waals surface area (Å²) in [5.74, 6) is -9.28. The van der Waals surface area contributed by atoms with Gasteiger partial charge in [0.25, 0.3) is 0 Å². The van der Waals surface area contributed by atoms with Crippen molar-refractivity contribution in [3.8, 4) is 0 Å². The smallest absolute Gasteiger partial charge is 0.348 e. The summed E-state index contributed by atoms with van der Waals surface area (Å²) >= 11 is 0. The summed E-state index contributed by atoms with van der Waals surface area (Å²) in [4.78, 5) is 79.3. The van der Waals surface area contributed by atoms with Crippen molar-refractivity contribution < 1.29 is 82.7 Å². The summed E-state index contributed by atoms with van der Waals surface area (Å²) in [6.07, 6.45) is -13.6. The Bertz CT molecular complexity index is 1210. The van der Waals surface area contributed by atoms with E-state index >= 15 is 0 Å². The highest BCUT2D eigenvalue weighted by Crippen LogP contribution is 2.25. The Balaban J connectivity index is 6.43. The lowest BCUT2D eigenvalue weighted by Crippen LogP contribution is -2.50. The minimum Gasteiger partial charge on any atom is -0.454 e. The molecule has 0 fully saturated rings. The molecule has 17 heteroatoms. The van der Waals surface area contributed by atoms with E-state index in [1.165, 1.54) is 0 Å². The Morgan fingerprint density at radius 3 is 0.891 bits per heavy atom. The van der Waals surface area contributed by atoms with Crippen molar-refractivity contribution in [3.63, 3.8) is 0 Å². The van der Waals surface area contributed by atoms with Gasteiger partial charge < -0.3 is 54.0 Å². The molecule has 14 atom stereocenters. The predicted molar refractivity (Wildman–Crippen MR) is 194 cm³/mol. The molecule has 0 aliphatic rings. The minimum atomic E-state index is -2.03. The second kappa shape index (κ2) is 25.7. The van der Waals surface area contributed by atoms with Crippen LogP contribution in [0.2, 0.25) is 0 Å². The molecule has 5 N–H and O–H groups in total. The Kier molecular flexibility index (Phi) is 24.1. The minimum absolute atomic E-state index is 0.270. The van der Waals surface area contributed by atoms with E-state index in [-0.39, 0.29) is 12.8 Å². The molecule has 0 spiro atoms. The molecule has 0 amide bonds. The lowest BCUT2D eigenvalue weighted by molar-refractivity contribution is -0.199. The summed E-state index contributed by atoms with van der Waals surface area (Å²) in [6.45, 7) is 15.9. The molecule has 0 aromatic rings. The van der Waals surface area contributed by atoms with Gasteiger partial charge in [-0.1, -0.05) is 69.2 Å². The standard InChI is InChI=1S/C38H66O17/c1-12-19(6)29(50-24(11)41)35(46)53-31(21(8)14-3)37(48)55-33(23(10)16-5)38(49)54-32(22(9)15-4)36(47)52-30(20(7)13-2)34(45)51-26(18-40)28(44)27(43)25(42)17-39/h19-23,25-33,39-40,42-44H,12-18H2,1-11H3. The van der Waals surface area contributed by atoms with Crippen molar-refractivity contribution in [3.05, 3.63) is 0 Å². The van der Waals surface area contributed by atoms with Gasteiger partial charge in [0.2, 0.25) is 30.5 Å². The molecule has 55 heavy (non-hydrogen) atoms. The highest BCUT2D eigenvalue weighted by molar-refractivity contribution is 5.87. The average Bonchev–Trinajstić information content (AvgIpc) is 3.17. The second-order valence-electron chi connectivity index (χ2n) is 14.3. The first kappa shape index (κ1) is 51.6. The largest absolute Gasteiger partial charge is 0.454 e. The fourth-order valence-corrected chi connectivity index (χ4v) is 4.99. The van der Waals surface area contributed by atoms with Gasteiger partial charge in [0.1, 0.15) is 18.3 Å². The van der Waals surface area contributed by atoms with Crippen LogP contribution < -0.4 is 0 Å². The van der Waals surface area contributed by atoms with Crippen molar-refractivity contribution in [2.75, 3.05) is 13.2 Å². The summed E-state index contributed by atoms with van der Waals surface area (Å²) in [6, 6.07) is 0. The van der Waals surface area contributed by atoms with Crippen LogP contribution in [-0.4, -0.2) is 129 Å². The molecule has 0 saturated heterocycles.